The molecule has 0 fully saturated rings. The maximum atomic E-state index is 12.9. The van der Waals surface area contributed by atoms with Crippen LogP contribution in [0, 0.1) is 12.8 Å². The Bertz CT molecular complexity index is 938. The van der Waals surface area contributed by atoms with E-state index in [1.54, 1.807) is 19.2 Å². The smallest absolute Gasteiger partial charge is 0.346 e. The van der Waals surface area contributed by atoms with Crippen LogP contribution in [0.25, 0.3) is 0 Å². The van der Waals surface area contributed by atoms with Crippen LogP contribution in [0.1, 0.15) is 53.4 Å². The molecule has 0 aliphatic carbocycles. The average molecular weight is 465 g/mol. The first kappa shape index (κ1) is 21.5. The van der Waals surface area contributed by atoms with Gasteiger partial charge in [0.15, 0.2) is 11.5 Å². The number of rotatable bonds is 5. The highest BCUT2D eigenvalue weighted by Crippen LogP contribution is 2.46. The standard InChI is InChI=1S/C22H25BrO6/c1-11(2)8-15(24)13-6-7-16-18(21(13)27-5)22(25)28-10-14-19(23)12(3)9-17(26-4)20(14)29-16/h6-7,9,11,15,24H,8,10H2,1-5H3. The molecule has 29 heavy (non-hydrogen) atoms. The second kappa shape index (κ2) is 8.63. The van der Waals surface area contributed by atoms with E-state index in [1.807, 2.05) is 26.8 Å². The van der Waals surface area contributed by atoms with Crippen molar-refractivity contribution in [1.82, 2.24) is 0 Å². The molecule has 2 aromatic carbocycles. The molecule has 0 bridgehead atoms. The Morgan fingerprint density at radius 2 is 1.97 bits per heavy atom. The van der Waals surface area contributed by atoms with Crippen LogP contribution < -0.4 is 14.2 Å². The molecule has 156 valence electrons. The van der Waals surface area contributed by atoms with Crippen LogP contribution in [0.4, 0.5) is 0 Å². The Labute approximate surface area is 178 Å². The summed E-state index contributed by atoms with van der Waals surface area (Å²) in [5.41, 5.74) is 2.30. The number of carbonyl (C=O) groups is 1. The summed E-state index contributed by atoms with van der Waals surface area (Å²) >= 11 is 3.55. The van der Waals surface area contributed by atoms with Crippen LogP contribution in [-0.2, 0) is 11.3 Å². The monoisotopic (exact) mass is 464 g/mol. The van der Waals surface area contributed by atoms with Gasteiger partial charge in [-0.2, -0.15) is 0 Å². The normalized spacial score (nSPS) is 14.1. The highest BCUT2D eigenvalue weighted by Gasteiger charge is 2.31. The maximum Gasteiger partial charge on any atom is 0.346 e. The molecule has 0 amide bonds. The number of hydrogen-bond donors (Lipinski definition) is 1. The Hall–Kier alpha value is -2.25. The fraction of sp³-hybridized carbons (Fsp3) is 0.409. The van der Waals surface area contributed by atoms with Crippen LogP contribution >= 0.6 is 15.9 Å². The van der Waals surface area contributed by atoms with E-state index in [9.17, 15) is 9.90 Å². The molecule has 0 spiro atoms. The third-order valence-electron chi connectivity index (χ3n) is 4.85. The van der Waals surface area contributed by atoms with Crippen LogP contribution in [0.5, 0.6) is 23.0 Å². The zero-order valence-electron chi connectivity index (χ0n) is 17.2. The number of aryl methyl sites for hydroxylation is 1. The molecule has 0 radical (unpaired) electrons. The number of aliphatic hydroxyl groups is 1. The lowest BCUT2D eigenvalue weighted by Crippen LogP contribution is -2.15. The summed E-state index contributed by atoms with van der Waals surface area (Å²) < 4.78 is 23.5. The number of carbonyl (C=O) groups excluding carboxylic acids is 1. The predicted octanol–water partition coefficient (Wildman–Crippen LogP) is 5.32. The number of benzene rings is 2. The number of ether oxygens (including phenoxy) is 4. The van der Waals surface area contributed by atoms with Crippen molar-refractivity contribution in [3.05, 3.63) is 44.9 Å². The first-order valence-electron chi connectivity index (χ1n) is 9.38. The number of methoxy groups -OCH3 is 2. The fourth-order valence-electron chi connectivity index (χ4n) is 3.44. The molecule has 2 aromatic rings. The summed E-state index contributed by atoms with van der Waals surface area (Å²) in [5.74, 6) is 1.24. The lowest BCUT2D eigenvalue weighted by atomic mass is 9.96. The third-order valence-corrected chi connectivity index (χ3v) is 5.95. The van der Waals surface area contributed by atoms with E-state index in [0.717, 1.165) is 10.0 Å². The fourth-order valence-corrected chi connectivity index (χ4v) is 3.85. The summed E-state index contributed by atoms with van der Waals surface area (Å²) in [6.07, 6.45) is -0.236. The molecule has 1 heterocycles. The number of cyclic esters (lactones) is 1. The highest BCUT2D eigenvalue weighted by atomic mass is 79.9. The van der Waals surface area contributed by atoms with Gasteiger partial charge in [-0.3, -0.25) is 0 Å². The van der Waals surface area contributed by atoms with Gasteiger partial charge >= 0.3 is 5.97 Å². The van der Waals surface area contributed by atoms with Gasteiger partial charge in [-0.25, -0.2) is 4.79 Å². The van der Waals surface area contributed by atoms with Gasteiger partial charge in [0, 0.05) is 10.0 Å². The van der Waals surface area contributed by atoms with Gasteiger partial charge in [0.1, 0.15) is 23.7 Å². The summed E-state index contributed by atoms with van der Waals surface area (Å²) in [7, 11) is 3.02. The number of esters is 1. The van der Waals surface area contributed by atoms with Crippen molar-refractivity contribution in [3.63, 3.8) is 0 Å². The second-order valence-electron chi connectivity index (χ2n) is 7.40. The summed E-state index contributed by atoms with van der Waals surface area (Å²) in [6, 6.07) is 5.22. The Morgan fingerprint density at radius 1 is 1.24 bits per heavy atom. The molecule has 1 aliphatic heterocycles. The molecule has 7 heteroatoms. The van der Waals surface area contributed by atoms with Crippen LogP contribution in [0.2, 0.25) is 0 Å². The van der Waals surface area contributed by atoms with Gasteiger partial charge in [-0.05, 0) is 59.0 Å². The Morgan fingerprint density at radius 3 is 2.59 bits per heavy atom. The van der Waals surface area contributed by atoms with Gasteiger partial charge in [0.25, 0.3) is 0 Å². The quantitative estimate of drug-likeness (QED) is 0.603. The Kier molecular flexibility index (Phi) is 6.39. The maximum absolute atomic E-state index is 12.9. The van der Waals surface area contributed by atoms with E-state index >= 15 is 0 Å². The molecule has 6 nitrogen and oxygen atoms in total. The second-order valence-corrected chi connectivity index (χ2v) is 8.20. The summed E-state index contributed by atoms with van der Waals surface area (Å²) in [5, 5.41) is 10.6. The minimum Gasteiger partial charge on any atom is -0.495 e. The van der Waals surface area contributed by atoms with E-state index in [2.05, 4.69) is 15.9 Å². The zero-order chi connectivity index (χ0) is 21.3. The molecule has 0 aromatic heterocycles. The van der Waals surface area contributed by atoms with Crippen molar-refractivity contribution < 1.29 is 28.8 Å². The minimum atomic E-state index is -0.771. The van der Waals surface area contributed by atoms with E-state index in [4.69, 9.17) is 18.9 Å². The first-order chi connectivity index (χ1) is 13.8. The predicted molar refractivity (Wildman–Crippen MR) is 112 cm³/mol. The molecule has 1 N–H and O–H groups in total. The molecule has 1 atom stereocenters. The van der Waals surface area contributed by atoms with Crippen molar-refractivity contribution >= 4 is 21.9 Å². The average Bonchev–Trinajstić information content (AvgIpc) is 2.67. The number of halogens is 1. The van der Waals surface area contributed by atoms with Gasteiger partial charge < -0.3 is 24.1 Å². The largest absolute Gasteiger partial charge is 0.495 e. The molecule has 0 saturated carbocycles. The van der Waals surface area contributed by atoms with Crippen LogP contribution in [-0.4, -0.2) is 25.3 Å². The molecular formula is C22H25BrO6. The Balaban J connectivity index is 2.18. The molecule has 1 unspecified atom stereocenters. The summed E-state index contributed by atoms with van der Waals surface area (Å²) in [6.45, 7) is 5.97. The lowest BCUT2D eigenvalue weighted by molar-refractivity contribution is 0.0453. The van der Waals surface area contributed by atoms with E-state index in [-0.39, 0.29) is 29.6 Å². The molecule has 1 aliphatic rings. The van der Waals surface area contributed by atoms with Crippen LogP contribution in [0.15, 0.2) is 22.7 Å². The van der Waals surface area contributed by atoms with Gasteiger partial charge in [0.05, 0.1) is 25.9 Å². The van der Waals surface area contributed by atoms with E-state index < -0.39 is 12.1 Å². The molecular weight excluding hydrogens is 440 g/mol. The SMILES string of the molecule is COc1cc(C)c(Br)c2c1Oc1ccc(C(O)CC(C)C)c(OC)c1C(=O)OC2. The van der Waals surface area contributed by atoms with E-state index in [1.165, 1.54) is 7.11 Å². The van der Waals surface area contributed by atoms with Crippen molar-refractivity contribution in [2.75, 3.05) is 14.2 Å². The first-order valence-corrected chi connectivity index (χ1v) is 10.2. The van der Waals surface area contributed by atoms with Crippen molar-refractivity contribution in [3.8, 4) is 23.0 Å². The van der Waals surface area contributed by atoms with Gasteiger partial charge in [-0.1, -0.05) is 13.8 Å². The van der Waals surface area contributed by atoms with Crippen molar-refractivity contribution in [2.45, 2.75) is 39.9 Å². The van der Waals surface area contributed by atoms with Crippen LogP contribution in [0.3, 0.4) is 0 Å². The number of fused-ring (bicyclic) bond motifs is 2. The minimum absolute atomic E-state index is 0.00809. The van der Waals surface area contributed by atoms with Gasteiger partial charge in [0.2, 0.25) is 0 Å². The lowest BCUT2D eigenvalue weighted by Gasteiger charge is -2.25. The number of aliphatic hydroxyl groups excluding tert-OH is 1. The molecule has 3 rings (SSSR count). The number of hydrogen-bond acceptors (Lipinski definition) is 6. The van der Waals surface area contributed by atoms with E-state index in [0.29, 0.717) is 29.0 Å². The topological polar surface area (TPSA) is 74.2 Å². The molecule has 0 saturated heterocycles. The zero-order valence-corrected chi connectivity index (χ0v) is 18.8. The van der Waals surface area contributed by atoms with Crippen molar-refractivity contribution in [1.29, 1.82) is 0 Å². The van der Waals surface area contributed by atoms with Gasteiger partial charge in [-0.15, -0.1) is 0 Å². The summed E-state index contributed by atoms with van der Waals surface area (Å²) in [4.78, 5) is 12.9. The third kappa shape index (κ3) is 4.07. The highest BCUT2D eigenvalue weighted by molar-refractivity contribution is 9.10. The van der Waals surface area contributed by atoms with Crippen molar-refractivity contribution in [2.24, 2.45) is 5.92 Å².